The zero-order valence-electron chi connectivity index (χ0n) is 5.39. The van der Waals surface area contributed by atoms with E-state index >= 15 is 0 Å². The van der Waals surface area contributed by atoms with Gasteiger partial charge in [-0.25, -0.2) is 0 Å². The molecule has 0 atom stereocenters. The number of halogens is 3. The number of alkyl halides is 2. The summed E-state index contributed by atoms with van der Waals surface area (Å²) in [5, 5.41) is 9.64. The van der Waals surface area contributed by atoms with Gasteiger partial charge < -0.3 is 5.11 Å². The fourth-order valence-corrected chi connectivity index (χ4v) is 3.46. The molecule has 0 unspecified atom stereocenters. The number of hydrogen-bond donors (Lipinski definition) is 1. The van der Waals surface area contributed by atoms with Gasteiger partial charge >= 0.3 is 0 Å². The summed E-state index contributed by atoms with van der Waals surface area (Å²) in [5.41, 5.74) is 0.960. The third-order valence-electron chi connectivity index (χ3n) is 1.20. The van der Waals surface area contributed by atoms with Crippen molar-refractivity contribution in [3.05, 3.63) is 33.4 Å². The third-order valence-corrected chi connectivity index (χ3v) is 3.30. The van der Waals surface area contributed by atoms with E-state index in [1.807, 2.05) is 69.4 Å². The molecule has 0 radical (unpaired) electrons. The Labute approximate surface area is 106 Å². The van der Waals surface area contributed by atoms with Gasteiger partial charge in [-0.15, -0.1) is 0 Å². The molecule has 1 rings (SSSR count). The van der Waals surface area contributed by atoms with Crippen molar-refractivity contribution in [2.75, 3.05) is 0 Å². The van der Waals surface area contributed by atoms with Crippen molar-refractivity contribution in [2.24, 2.45) is 0 Å². The normalized spacial score (nSPS) is 11.6. The first-order valence-corrected chi connectivity index (χ1v) is 6.10. The average Bonchev–Trinajstić information content (AvgIpc) is 1.86. The highest BCUT2D eigenvalue weighted by atomic mass is 127. The van der Waals surface area contributed by atoms with Gasteiger partial charge in [-0.05, 0) is 73.8 Å². The summed E-state index contributed by atoms with van der Waals surface area (Å²) in [4.78, 5) is 0. The summed E-state index contributed by atoms with van der Waals surface area (Å²) in [6.45, 7) is 0. The monoisotopic (exact) mass is 486 g/mol. The lowest BCUT2D eigenvalue weighted by Crippen LogP contribution is -2.07. The predicted molar refractivity (Wildman–Crippen MR) is 71.1 cm³/mol. The Morgan fingerprint density at radius 2 is 1.73 bits per heavy atom. The van der Waals surface area contributed by atoms with Gasteiger partial charge in [0.1, 0.15) is 0 Å². The molecular weight excluding hydrogens is 481 g/mol. The van der Waals surface area contributed by atoms with Crippen LogP contribution < -0.4 is 0 Å². The van der Waals surface area contributed by atoms with Crippen LogP contribution >= 0.6 is 67.8 Å². The minimum Gasteiger partial charge on any atom is -0.367 e. The fraction of sp³-hybridized carbons (Fsp3) is 0.143. The molecule has 0 saturated heterocycles. The van der Waals surface area contributed by atoms with Crippen LogP contribution in [0, 0.1) is 3.57 Å². The van der Waals surface area contributed by atoms with E-state index in [0.29, 0.717) is 0 Å². The Morgan fingerprint density at radius 3 is 2.09 bits per heavy atom. The quantitative estimate of drug-likeness (QED) is 0.478. The standard InChI is InChI=1S/C7H5I3O/c8-6-4-2-1-3-5(6)7(9,10)11/h1-4,11H. The Kier molecular flexibility index (Phi) is 3.85. The van der Waals surface area contributed by atoms with Crippen LogP contribution in [0.25, 0.3) is 0 Å². The van der Waals surface area contributed by atoms with E-state index in [9.17, 15) is 5.11 Å². The summed E-state index contributed by atoms with van der Waals surface area (Å²) in [7, 11) is 0. The molecule has 60 valence electrons. The first kappa shape index (κ1) is 10.5. The molecule has 0 saturated carbocycles. The van der Waals surface area contributed by atoms with Gasteiger partial charge in [-0.1, -0.05) is 18.2 Å². The highest BCUT2D eigenvalue weighted by molar-refractivity contribution is 14.2. The van der Waals surface area contributed by atoms with E-state index in [0.717, 1.165) is 9.13 Å². The summed E-state index contributed by atoms with van der Waals surface area (Å²) in [6.07, 6.45) is 0. The van der Waals surface area contributed by atoms with Crippen LogP contribution in [0.15, 0.2) is 24.3 Å². The van der Waals surface area contributed by atoms with Gasteiger partial charge in [0.05, 0.1) is 0 Å². The van der Waals surface area contributed by atoms with Gasteiger partial charge in [-0.3, -0.25) is 0 Å². The zero-order chi connectivity index (χ0) is 8.48. The lowest BCUT2D eigenvalue weighted by Gasteiger charge is -2.14. The molecule has 1 nitrogen and oxygen atoms in total. The molecule has 0 bridgehead atoms. The van der Waals surface area contributed by atoms with E-state index in [2.05, 4.69) is 22.6 Å². The van der Waals surface area contributed by atoms with Crippen LogP contribution in [0.3, 0.4) is 0 Å². The van der Waals surface area contributed by atoms with Gasteiger partial charge in [0, 0.05) is 9.13 Å². The van der Waals surface area contributed by atoms with E-state index in [4.69, 9.17) is 0 Å². The molecule has 1 aromatic rings. The first-order valence-electron chi connectivity index (χ1n) is 2.87. The van der Waals surface area contributed by atoms with E-state index in [1.165, 1.54) is 0 Å². The summed E-state index contributed by atoms with van der Waals surface area (Å²) in [5.74, 6) is 0. The third kappa shape index (κ3) is 2.96. The number of aliphatic hydroxyl groups is 1. The number of hydrogen-bond acceptors (Lipinski definition) is 1. The minimum absolute atomic E-state index is 0.784. The molecule has 0 aliphatic rings. The largest absolute Gasteiger partial charge is 0.367 e. The summed E-state index contributed by atoms with van der Waals surface area (Å²) < 4.78 is 0.309. The molecule has 0 fully saturated rings. The van der Waals surface area contributed by atoms with Gasteiger partial charge in [0.25, 0.3) is 0 Å². The van der Waals surface area contributed by atoms with Crippen LogP contribution in [0.4, 0.5) is 0 Å². The number of rotatable bonds is 1. The molecule has 1 aromatic carbocycles. The van der Waals surface area contributed by atoms with Crippen LogP contribution in [0.1, 0.15) is 5.56 Å². The van der Waals surface area contributed by atoms with Crippen LogP contribution in [-0.4, -0.2) is 5.11 Å². The highest BCUT2D eigenvalue weighted by Crippen LogP contribution is 2.38. The van der Waals surface area contributed by atoms with E-state index < -0.39 is 1.61 Å². The van der Waals surface area contributed by atoms with Gasteiger partial charge in [0.15, 0.2) is 1.61 Å². The van der Waals surface area contributed by atoms with E-state index in [1.54, 1.807) is 0 Å². The molecule has 0 aliphatic carbocycles. The highest BCUT2D eigenvalue weighted by Gasteiger charge is 2.22. The first-order chi connectivity index (χ1) is 5.02. The maximum Gasteiger partial charge on any atom is 0.193 e. The maximum atomic E-state index is 9.64. The number of benzene rings is 1. The van der Waals surface area contributed by atoms with Crippen LogP contribution in [0.2, 0.25) is 0 Å². The molecule has 1 N–H and O–H groups in total. The van der Waals surface area contributed by atoms with Crippen molar-refractivity contribution in [1.29, 1.82) is 0 Å². The maximum absolute atomic E-state index is 9.64. The lowest BCUT2D eigenvalue weighted by molar-refractivity contribution is 0.268. The van der Waals surface area contributed by atoms with Crippen molar-refractivity contribution in [3.8, 4) is 0 Å². The SMILES string of the molecule is OC(I)(I)c1ccccc1I. The van der Waals surface area contributed by atoms with Crippen molar-refractivity contribution < 1.29 is 5.11 Å². The molecule has 0 aliphatic heterocycles. The molecular formula is C7H5I3O. The van der Waals surface area contributed by atoms with Gasteiger partial charge in [0.2, 0.25) is 0 Å². The Hall–Kier alpha value is 1.37. The second kappa shape index (κ2) is 4.05. The topological polar surface area (TPSA) is 20.2 Å². The second-order valence-corrected chi connectivity index (χ2v) is 8.37. The Morgan fingerprint density at radius 1 is 1.18 bits per heavy atom. The van der Waals surface area contributed by atoms with Crippen molar-refractivity contribution >= 4 is 67.8 Å². The van der Waals surface area contributed by atoms with Gasteiger partial charge in [-0.2, -0.15) is 0 Å². The minimum atomic E-state index is -0.784. The van der Waals surface area contributed by atoms with Crippen LogP contribution in [0.5, 0.6) is 0 Å². The van der Waals surface area contributed by atoms with Crippen molar-refractivity contribution in [3.63, 3.8) is 0 Å². The Balaban J connectivity index is 3.14. The molecule has 0 heterocycles. The summed E-state index contributed by atoms with van der Waals surface area (Å²) >= 11 is 6.23. The lowest BCUT2D eigenvalue weighted by atomic mass is 10.2. The fourth-order valence-electron chi connectivity index (χ4n) is 0.705. The predicted octanol–water partition coefficient (Wildman–Crippen LogP) is 3.26. The van der Waals surface area contributed by atoms with Crippen molar-refractivity contribution in [2.45, 2.75) is 1.61 Å². The summed E-state index contributed by atoms with van der Waals surface area (Å²) in [6, 6.07) is 7.81. The molecule has 0 amide bonds. The Bertz CT molecular complexity index is 254. The molecule has 4 heteroatoms. The molecule has 11 heavy (non-hydrogen) atoms. The van der Waals surface area contributed by atoms with Crippen LogP contribution in [-0.2, 0) is 1.61 Å². The molecule has 0 spiro atoms. The second-order valence-electron chi connectivity index (χ2n) is 2.02. The van der Waals surface area contributed by atoms with Crippen molar-refractivity contribution in [1.82, 2.24) is 0 Å². The van der Waals surface area contributed by atoms with E-state index in [-0.39, 0.29) is 0 Å². The smallest absolute Gasteiger partial charge is 0.193 e. The zero-order valence-corrected chi connectivity index (χ0v) is 11.9. The average molecular weight is 486 g/mol. The molecule has 0 aromatic heterocycles.